The summed E-state index contributed by atoms with van der Waals surface area (Å²) in [6.45, 7) is 0.140. The van der Waals surface area contributed by atoms with Crippen LogP contribution in [0.5, 0.6) is 5.75 Å². The number of nitrogen functional groups attached to an aromatic ring is 1. The van der Waals surface area contributed by atoms with Gasteiger partial charge >= 0.3 is 0 Å². The summed E-state index contributed by atoms with van der Waals surface area (Å²) in [6, 6.07) is 29.9. The van der Waals surface area contributed by atoms with E-state index >= 15 is 0 Å². The number of pyridine rings is 1. The highest BCUT2D eigenvalue weighted by molar-refractivity contribution is 7.89. The highest BCUT2D eigenvalue weighted by Gasteiger charge is 2.42. The fourth-order valence-corrected chi connectivity index (χ4v) is 5.88. The Morgan fingerprint density at radius 1 is 0.900 bits per heavy atom. The molecule has 0 bridgehead atoms. The summed E-state index contributed by atoms with van der Waals surface area (Å²) in [4.78, 5) is 19.9. The molecule has 0 spiro atoms. The van der Waals surface area contributed by atoms with Crippen LogP contribution in [-0.4, -0.2) is 30.8 Å². The summed E-state index contributed by atoms with van der Waals surface area (Å²) >= 11 is 0. The maximum absolute atomic E-state index is 14.0. The molecule has 2 unspecified atom stereocenters. The Hall–Kier alpha value is -4.73. The fraction of sp³-hybridized carbons (Fsp3) is 0.0968. The maximum atomic E-state index is 14.0. The van der Waals surface area contributed by atoms with E-state index in [1.54, 1.807) is 23.2 Å². The molecule has 9 heteroatoms. The van der Waals surface area contributed by atoms with Crippen molar-refractivity contribution in [3.63, 3.8) is 0 Å². The van der Waals surface area contributed by atoms with Crippen LogP contribution in [-0.2, 0) is 10.0 Å². The zero-order valence-corrected chi connectivity index (χ0v) is 22.2. The van der Waals surface area contributed by atoms with Crippen LogP contribution < -0.4 is 15.6 Å². The van der Waals surface area contributed by atoms with Gasteiger partial charge in [0.1, 0.15) is 18.2 Å². The Morgan fingerprint density at radius 3 is 2.48 bits per heavy atom. The number of rotatable bonds is 7. The second-order valence-electron chi connectivity index (χ2n) is 9.64. The highest BCUT2D eigenvalue weighted by Crippen LogP contribution is 2.44. The number of ether oxygens (including phenoxy) is 1. The van der Waals surface area contributed by atoms with Gasteiger partial charge in [-0.05, 0) is 58.5 Å². The van der Waals surface area contributed by atoms with E-state index in [1.165, 1.54) is 12.1 Å². The minimum absolute atomic E-state index is 0.0170. The number of fused-ring (bicyclic) bond motifs is 2. The quantitative estimate of drug-likeness (QED) is 0.299. The van der Waals surface area contributed by atoms with Gasteiger partial charge in [-0.2, -0.15) is 0 Å². The number of amides is 1. The van der Waals surface area contributed by atoms with Gasteiger partial charge in [0.2, 0.25) is 10.0 Å². The van der Waals surface area contributed by atoms with Crippen molar-refractivity contribution in [1.82, 2.24) is 9.88 Å². The number of primary sulfonamides is 1. The first-order valence-electron chi connectivity index (χ1n) is 12.7. The van der Waals surface area contributed by atoms with E-state index in [0.717, 1.165) is 21.9 Å². The van der Waals surface area contributed by atoms with Crippen molar-refractivity contribution in [3.05, 3.63) is 132 Å². The van der Waals surface area contributed by atoms with E-state index in [1.807, 2.05) is 78.9 Å². The lowest BCUT2D eigenvalue weighted by Gasteiger charge is -2.34. The first kappa shape index (κ1) is 25.5. The number of carbonyl (C=O) groups excluding carboxylic acids is 1. The summed E-state index contributed by atoms with van der Waals surface area (Å²) < 4.78 is 30.7. The average molecular weight is 551 g/mol. The monoisotopic (exact) mass is 550 g/mol. The minimum Gasteiger partial charge on any atom is -0.491 e. The topological polar surface area (TPSA) is 129 Å². The van der Waals surface area contributed by atoms with Crippen LogP contribution in [0.15, 0.2) is 114 Å². The number of sulfonamides is 1. The fourth-order valence-electron chi connectivity index (χ4n) is 5.31. The molecule has 40 heavy (non-hydrogen) atoms. The first-order chi connectivity index (χ1) is 19.3. The molecular weight excluding hydrogens is 524 g/mol. The van der Waals surface area contributed by atoms with Crippen molar-refractivity contribution in [2.75, 3.05) is 12.3 Å². The zero-order valence-electron chi connectivity index (χ0n) is 21.3. The third-order valence-corrected chi connectivity index (χ3v) is 8.11. The van der Waals surface area contributed by atoms with E-state index < -0.39 is 22.1 Å². The molecule has 4 N–H and O–H groups in total. The van der Waals surface area contributed by atoms with Crippen LogP contribution in [0.1, 0.15) is 39.1 Å². The summed E-state index contributed by atoms with van der Waals surface area (Å²) in [5, 5.41) is 7.17. The number of carbonyl (C=O) groups is 1. The molecule has 2 atom stereocenters. The molecule has 1 aliphatic heterocycles. The summed E-state index contributed by atoms with van der Waals surface area (Å²) in [5.74, 6) is 0.818. The van der Waals surface area contributed by atoms with Crippen molar-refractivity contribution in [3.8, 4) is 5.75 Å². The van der Waals surface area contributed by atoms with Gasteiger partial charge in [-0.1, -0.05) is 66.7 Å². The normalized spacial score (nSPS) is 15.7. The number of nitrogens with two attached hydrogens (primary N) is 2. The third-order valence-electron chi connectivity index (χ3n) is 7.20. The van der Waals surface area contributed by atoms with Gasteiger partial charge in [0.15, 0.2) is 0 Å². The highest BCUT2D eigenvalue weighted by atomic mass is 32.2. The lowest BCUT2D eigenvalue weighted by Crippen LogP contribution is -2.36. The molecule has 0 fully saturated rings. The Labute approximate surface area is 231 Å². The largest absolute Gasteiger partial charge is 0.491 e. The molecular formula is C31H26N4O4S. The number of hydrogen-bond acceptors (Lipinski definition) is 6. The SMILES string of the molecule is Nc1nccc2ccc(OCC(c3ccccc3)N3C(=O)c4ccccc4C3c3cccc(S(N)(=O)=O)c3)cc12. The average Bonchev–Trinajstić information content (AvgIpc) is 3.26. The number of nitrogens with zero attached hydrogens (tertiary/aromatic N) is 2. The van der Waals surface area contributed by atoms with E-state index in [9.17, 15) is 13.2 Å². The van der Waals surface area contributed by atoms with Crippen molar-refractivity contribution in [1.29, 1.82) is 0 Å². The molecule has 0 aliphatic carbocycles. The third kappa shape index (κ3) is 4.66. The van der Waals surface area contributed by atoms with Crippen molar-refractivity contribution < 1.29 is 17.9 Å². The lowest BCUT2D eigenvalue weighted by molar-refractivity contribution is 0.0584. The van der Waals surface area contributed by atoms with Crippen LogP contribution in [0, 0.1) is 0 Å². The van der Waals surface area contributed by atoms with Gasteiger partial charge in [0.05, 0.1) is 17.0 Å². The van der Waals surface area contributed by atoms with Gasteiger partial charge in [0, 0.05) is 17.1 Å². The van der Waals surface area contributed by atoms with Crippen LogP contribution in [0.2, 0.25) is 0 Å². The maximum Gasteiger partial charge on any atom is 0.255 e. The Bertz CT molecular complexity index is 1840. The predicted octanol–water partition coefficient (Wildman–Crippen LogP) is 4.83. The van der Waals surface area contributed by atoms with Crippen LogP contribution in [0.4, 0.5) is 5.82 Å². The van der Waals surface area contributed by atoms with Crippen LogP contribution in [0.3, 0.4) is 0 Å². The Morgan fingerprint density at radius 2 is 1.68 bits per heavy atom. The van der Waals surface area contributed by atoms with Gasteiger partial charge in [0.25, 0.3) is 5.91 Å². The smallest absolute Gasteiger partial charge is 0.255 e. The second-order valence-corrected chi connectivity index (χ2v) is 11.2. The van der Waals surface area contributed by atoms with Crippen LogP contribution >= 0.6 is 0 Å². The molecule has 5 aromatic rings. The summed E-state index contributed by atoms with van der Waals surface area (Å²) in [5.41, 5.74) is 8.94. The van der Waals surface area contributed by atoms with Gasteiger partial charge in [-0.25, -0.2) is 18.5 Å². The molecule has 0 saturated heterocycles. The number of anilines is 1. The van der Waals surface area contributed by atoms with E-state index in [2.05, 4.69) is 4.98 Å². The molecule has 4 aromatic carbocycles. The molecule has 1 aliphatic rings. The minimum atomic E-state index is -3.95. The molecule has 1 amide bonds. The van der Waals surface area contributed by atoms with Crippen molar-refractivity contribution in [2.45, 2.75) is 17.0 Å². The molecule has 2 heterocycles. The molecule has 0 radical (unpaired) electrons. The number of benzene rings is 4. The second kappa shape index (κ2) is 10.1. The van der Waals surface area contributed by atoms with E-state index in [4.69, 9.17) is 15.6 Å². The summed E-state index contributed by atoms with van der Waals surface area (Å²) in [7, 11) is -3.95. The number of hydrogen-bond donors (Lipinski definition) is 2. The molecule has 0 saturated carbocycles. The lowest BCUT2D eigenvalue weighted by atomic mass is 9.96. The van der Waals surface area contributed by atoms with Gasteiger partial charge < -0.3 is 15.4 Å². The summed E-state index contributed by atoms with van der Waals surface area (Å²) in [6.07, 6.45) is 1.66. The van der Waals surface area contributed by atoms with E-state index in [0.29, 0.717) is 22.7 Å². The number of aromatic nitrogens is 1. The molecule has 1 aromatic heterocycles. The molecule has 8 nitrogen and oxygen atoms in total. The zero-order chi connectivity index (χ0) is 27.9. The van der Waals surface area contributed by atoms with Gasteiger partial charge in [-0.15, -0.1) is 0 Å². The van der Waals surface area contributed by atoms with Gasteiger partial charge in [-0.3, -0.25) is 4.79 Å². The first-order valence-corrected chi connectivity index (χ1v) is 14.2. The predicted molar refractivity (Wildman–Crippen MR) is 153 cm³/mol. The van der Waals surface area contributed by atoms with Crippen LogP contribution in [0.25, 0.3) is 10.8 Å². The molecule has 6 rings (SSSR count). The van der Waals surface area contributed by atoms with E-state index in [-0.39, 0.29) is 17.4 Å². The molecule has 200 valence electrons. The standard InChI is InChI=1S/C31H26N4O4S/c32-30-27-18-23(14-13-20(27)15-16-34-30)39-19-28(21-7-2-1-3-8-21)35-29(25-11-4-5-12-26(25)31(35)36)22-9-6-10-24(17-22)40(33,37)38/h1-18,28-29H,19H2,(H2,32,34)(H2,33,37,38). The van der Waals surface area contributed by atoms with Crippen molar-refractivity contribution in [2.24, 2.45) is 5.14 Å². The Kier molecular flexibility index (Phi) is 6.45. The Balaban J connectivity index is 1.44. The van der Waals surface area contributed by atoms with Crippen molar-refractivity contribution >= 4 is 32.5 Å².